The minimum atomic E-state index is -5.88. The SMILES string of the molecule is O=c1ccn([C@@H]2O[C@](CF)(COP(=O)(O)OP(=O)(O)OP(=O)(O)O)[C@@H](O)[C@H]2F)c(=O)[nH]1. The quantitative estimate of drug-likeness (QED) is 0.211. The van der Waals surface area contributed by atoms with Crippen molar-refractivity contribution in [1.29, 1.82) is 0 Å². The third-order valence-electron chi connectivity index (χ3n) is 3.71. The van der Waals surface area contributed by atoms with E-state index in [9.17, 15) is 42.1 Å². The molecular formula is C10H15F2N2O14P3. The Bertz CT molecular complexity index is 1070. The van der Waals surface area contributed by atoms with Gasteiger partial charge in [-0.2, -0.15) is 8.62 Å². The van der Waals surface area contributed by atoms with E-state index in [4.69, 9.17) is 19.4 Å². The van der Waals surface area contributed by atoms with Gasteiger partial charge in [0.15, 0.2) is 18.0 Å². The summed E-state index contributed by atoms with van der Waals surface area (Å²) in [7, 11) is -17.3. The molecule has 1 saturated heterocycles. The summed E-state index contributed by atoms with van der Waals surface area (Å²) in [6.07, 6.45) is -6.21. The lowest BCUT2D eigenvalue weighted by molar-refractivity contribution is -0.136. The molecule has 0 amide bonds. The number of aliphatic hydroxyl groups is 1. The third kappa shape index (κ3) is 6.44. The summed E-state index contributed by atoms with van der Waals surface area (Å²) in [6.45, 7) is -3.29. The number of hydrogen-bond acceptors (Lipinski definition) is 10. The Kier molecular flexibility index (Phi) is 7.60. The molecule has 0 bridgehead atoms. The highest BCUT2D eigenvalue weighted by Crippen LogP contribution is 2.66. The molecule has 2 rings (SSSR count). The molecule has 21 heteroatoms. The number of nitrogens with zero attached hydrogens (tertiary/aromatic N) is 1. The number of phosphoric acid groups is 3. The number of aromatic nitrogens is 2. The first kappa shape index (κ1) is 26.1. The fraction of sp³-hybridized carbons (Fsp3) is 0.600. The molecule has 31 heavy (non-hydrogen) atoms. The van der Waals surface area contributed by atoms with E-state index < -0.39 is 72.1 Å². The summed E-state index contributed by atoms with van der Waals surface area (Å²) < 4.78 is 78.3. The minimum Gasteiger partial charge on any atom is -0.387 e. The number of H-pyrrole nitrogens is 1. The molecule has 6 atom stereocenters. The summed E-state index contributed by atoms with van der Waals surface area (Å²) in [5, 5.41) is 10.0. The summed E-state index contributed by atoms with van der Waals surface area (Å²) in [4.78, 5) is 60.0. The molecule has 2 heterocycles. The number of phosphoric ester groups is 1. The lowest BCUT2D eigenvalue weighted by Crippen LogP contribution is -2.48. The van der Waals surface area contributed by atoms with Crippen LogP contribution in [0.5, 0.6) is 0 Å². The van der Waals surface area contributed by atoms with E-state index in [0.717, 1.165) is 12.3 Å². The summed E-state index contributed by atoms with van der Waals surface area (Å²) in [6, 6.07) is 0.783. The number of aliphatic hydroxyl groups excluding tert-OH is 1. The van der Waals surface area contributed by atoms with Crippen LogP contribution in [0, 0.1) is 0 Å². The number of alkyl halides is 2. The van der Waals surface area contributed by atoms with E-state index in [0.29, 0.717) is 4.57 Å². The van der Waals surface area contributed by atoms with Crippen molar-refractivity contribution >= 4 is 23.5 Å². The van der Waals surface area contributed by atoms with E-state index >= 15 is 0 Å². The van der Waals surface area contributed by atoms with Gasteiger partial charge in [-0.05, 0) is 0 Å². The van der Waals surface area contributed by atoms with Gasteiger partial charge in [-0.15, -0.1) is 0 Å². The Balaban J connectivity index is 2.21. The fourth-order valence-corrected chi connectivity index (χ4v) is 5.50. The number of halogens is 2. The smallest absolute Gasteiger partial charge is 0.387 e. The van der Waals surface area contributed by atoms with Gasteiger partial charge in [0.1, 0.15) is 12.8 Å². The molecule has 0 spiro atoms. The standard InChI is InChI=1S/C10H15F2N2O14P3/c11-3-10(4-25-30(21,22)28-31(23,24)27-29(18,19)20)7(16)6(12)8(26-10)14-2-1-5(15)13-9(14)17/h1-2,6-8,16H,3-4H2,(H,21,22)(H,23,24)(H,13,15,17)(H2,18,19,20)/t6-,7+,8-,10-/m1/s1. The van der Waals surface area contributed by atoms with E-state index in [2.05, 4.69) is 13.1 Å². The first-order valence-corrected chi connectivity index (χ1v) is 12.2. The highest BCUT2D eigenvalue weighted by atomic mass is 31.3. The topological polar surface area (TPSA) is 244 Å². The van der Waals surface area contributed by atoms with Gasteiger partial charge in [-0.3, -0.25) is 18.9 Å². The van der Waals surface area contributed by atoms with Crippen LogP contribution in [0.3, 0.4) is 0 Å². The Morgan fingerprint density at radius 1 is 1.16 bits per heavy atom. The highest BCUT2D eigenvalue weighted by molar-refractivity contribution is 7.66. The van der Waals surface area contributed by atoms with Crippen LogP contribution in [-0.2, 0) is 31.6 Å². The minimum absolute atomic E-state index is 0.442. The van der Waals surface area contributed by atoms with Crippen molar-refractivity contribution in [3.05, 3.63) is 33.1 Å². The average Bonchev–Trinajstić information content (AvgIpc) is 2.82. The molecule has 0 aromatic carbocycles. The van der Waals surface area contributed by atoms with E-state index in [1.807, 2.05) is 0 Å². The van der Waals surface area contributed by atoms with E-state index in [1.165, 1.54) is 0 Å². The third-order valence-corrected chi connectivity index (χ3v) is 7.49. The maximum atomic E-state index is 14.5. The van der Waals surface area contributed by atoms with Crippen LogP contribution < -0.4 is 11.2 Å². The predicted octanol–water partition coefficient (Wildman–Crippen LogP) is -1.18. The van der Waals surface area contributed by atoms with Gasteiger partial charge in [-0.1, -0.05) is 0 Å². The van der Waals surface area contributed by atoms with Gasteiger partial charge in [0.25, 0.3) is 5.56 Å². The number of ether oxygens (including phenoxy) is 1. The van der Waals surface area contributed by atoms with Crippen LogP contribution >= 0.6 is 23.5 Å². The first-order chi connectivity index (χ1) is 14.0. The lowest BCUT2D eigenvalue weighted by Gasteiger charge is -2.29. The molecule has 1 aliphatic rings. The van der Waals surface area contributed by atoms with Crippen LogP contribution in [0.2, 0.25) is 0 Å². The van der Waals surface area contributed by atoms with Crippen LogP contribution in [0.15, 0.2) is 21.9 Å². The number of aromatic amines is 1. The molecule has 0 radical (unpaired) electrons. The van der Waals surface area contributed by atoms with Crippen LogP contribution in [-0.4, -0.2) is 65.4 Å². The predicted molar refractivity (Wildman–Crippen MR) is 90.9 cm³/mol. The van der Waals surface area contributed by atoms with Crippen LogP contribution in [0.25, 0.3) is 0 Å². The second kappa shape index (κ2) is 9.02. The second-order valence-electron chi connectivity index (χ2n) is 5.98. The van der Waals surface area contributed by atoms with Crippen molar-refractivity contribution in [1.82, 2.24) is 9.55 Å². The zero-order chi connectivity index (χ0) is 23.8. The van der Waals surface area contributed by atoms with Gasteiger partial charge in [-0.25, -0.2) is 27.3 Å². The zero-order valence-electron chi connectivity index (χ0n) is 14.8. The monoisotopic (exact) mass is 518 g/mol. The summed E-state index contributed by atoms with van der Waals surface area (Å²) in [5.74, 6) is 0. The number of rotatable bonds is 9. The molecule has 0 saturated carbocycles. The molecule has 1 aliphatic heterocycles. The van der Waals surface area contributed by atoms with E-state index in [1.54, 1.807) is 4.98 Å². The van der Waals surface area contributed by atoms with Gasteiger partial charge in [0, 0.05) is 12.3 Å². The lowest BCUT2D eigenvalue weighted by atomic mass is 9.98. The Hall–Kier alpha value is -1.13. The first-order valence-electron chi connectivity index (χ1n) is 7.67. The van der Waals surface area contributed by atoms with Crippen molar-refractivity contribution < 1.29 is 65.0 Å². The van der Waals surface area contributed by atoms with Crippen molar-refractivity contribution in [3.63, 3.8) is 0 Å². The van der Waals surface area contributed by atoms with Crippen LogP contribution in [0.4, 0.5) is 8.78 Å². The maximum absolute atomic E-state index is 14.5. The van der Waals surface area contributed by atoms with Crippen molar-refractivity contribution in [2.24, 2.45) is 0 Å². The van der Waals surface area contributed by atoms with Gasteiger partial charge in [0.05, 0.1) is 6.61 Å². The number of nitrogens with one attached hydrogen (secondary N) is 1. The largest absolute Gasteiger partial charge is 0.490 e. The van der Waals surface area contributed by atoms with Crippen molar-refractivity contribution in [2.75, 3.05) is 13.3 Å². The molecule has 16 nitrogen and oxygen atoms in total. The molecule has 6 N–H and O–H groups in total. The fourth-order valence-electron chi connectivity index (χ4n) is 2.42. The van der Waals surface area contributed by atoms with E-state index in [-0.39, 0.29) is 0 Å². The Morgan fingerprint density at radius 2 is 1.77 bits per heavy atom. The van der Waals surface area contributed by atoms with Gasteiger partial charge in [0.2, 0.25) is 0 Å². The second-order valence-corrected chi connectivity index (χ2v) is 10.4. The molecule has 1 fully saturated rings. The number of hydrogen-bond donors (Lipinski definition) is 6. The Labute approximate surface area is 169 Å². The molecule has 1 aromatic heterocycles. The zero-order valence-corrected chi connectivity index (χ0v) is 17.4. The molecular weight excluding hydrogens is 503 g/mol. The van der Waals surface area contributed by atoms with Crippen LogP contribution in [0.1, 0.15) is 6.23 Å². The Morgan fingerprint density at radius 3 is 2.29 bits per heavy atom. The molecule has 0 aliphatic carbocycles. The molecule has 1 aromatic rings. The summed E-state index contributed by atoms with van der Waals surface area (Å²) >= 11 is 0. The summed E-state index contributed by atoms with van der Waals surface area (Å²) in [5.41, 5.74) is -4.81. The van der Waals surface area contributed by atoms with Gasteiger partial charge < -0.3 is 29.4 Å². The normalized spacial score (nSPS) is 30.6. The molecule has 178 valence electrons. The molecule has 2 unspecified atom stereocenters. The maximum Gasteiger partial charge on any atom is 0.490 e. The van der Waals surface area contributed by atoms with Crippen molar-refractivity contribution in [3.8, 4) is 0 Å². The van der Waals surface area contributed by atoms with Gasteiger partial charge >= 0.3 is 29.2 Å². The highest BCUT2D eigenvalue weighted by Gasteiger charge is 2.58. The average molecular weight is 518 g/mol. The van der Waals surface area contributed by atoms with Crippen molar-refractivity contribution in [2.45, 2.75) is 24.1 Å².